The van der Waals surface area contributed by atoms with Gasteiger partial charge in [-0.25, -0.2) is 8.42 Å². The SMILES string of the molecule is COc1cccc(CN(C(=O)c2ccccc2Cl)[C@@H]2CCS(=O)(=O)C2)c1. The van der Waals surface area contributed by atoms with E-state index in [4.69, 9.17) is 16.3 Å². The van der Waals surface area contributed by atoms with Gasteiger partial charge in [-0.05, 0) is 36.2 Å². The summed E-state index contributed by atoms with van der Waals surface area (Å²) in [5.74, 6) is 0.502. The molecule has 0 bridgehead atoms. The molecule has 5 nitrogen and oxygen atoms in total. The minimum atomic E-state index is -3.12. The second-order valence-electron chi connectivity index (χ2n) is 6.32. The Morgan fingerprint density at radius 3 is 2.65 bits per heavy atom. The smallest absolute Gasteiger partial charge is 0.255 e. The van der Waals surface area contributed by atoms with Crippen LogP contribution in [0.2, 0.25) is 5.02 Å². The first-order chi connectivity index (χ1) is 12.4. The standard InChI is InChI=1S/C19H20ClNO4S/c1-25-16-6-4-5-14(11-16)12-21(15-9-10-26(23,24)13-15)19(22)17-7-2-3-8-18(17)20/h2-8,11,15H,9-10,12-13H2,1H3/t15-/m1/s1. The summed E-state index contributed by atoms with van der Waals surface area (Å²) >= 11 is 6.19. The zero-order valence-corrected chi connectivity index (χ0v) is 16.0. The molecule has 0 radical (unpaired) electrons. The molecule has 1 amide bonds. The quantitative estimate of drug-likeness (QED) is 0.782. The van der Waals surface area contributed by atoms with Gasteiger partial charge in [0.1, 0.15) is 5.75 Å². The van der Waals surface area contributed by atoms with Crippen molar-refractivity contribution < 1.29 is 17.9 Å². The summed E-state index contributed by atoms with van der Waals surface area (Å²) in [6, 6.07) is 13.8. The van der Waals surface area contributed by atoms with Gasteiger partial charge in [-0.1, -0.05) is 35.9 Å². The summed E-state index contributed by atoms with van der Waals surface area (Å²) in [5.41, 5.74) is 1.25. The number of methoxy groups -OCH3 is 1. The van der Waals surface area contributed by atoms with Crippen LogP contribution in [-0.2, 0) is 16.4 Å². The van der Waals surface area contributed by atoms with Crippen LogP contribution in [0, 0.1) is 0 Å². The Morgan fingerprint density at radius 1 is 1.23 bits per heavy atom. The van der Waals surface area contributed by atoms with Gasteiger partial charge in [-0.2, -0.15) is 0 Å². The van der Waals surface area contributed by atoms with Crippen LogP contribution in [-0.4, -0.2) is 43.9 Å². The number of carbonyl (C=O) groups excluding carboxylic acids is 1. The van der Waals surface area contributed by atoms with Gasteiger partial charge >= 0.3 is 0 Å². The fraction of sp³-hybridized carbons (Fsp3) is 0.316. The summed E-state index contributed by atoms with van der Waals surface area (Å²) in [4.78, 5) is 14.7. The highest BCUT2D eigenvalue weighted by Gasteiger charge is 2.35. The molecule has 1 aliphatic heterocycles. The first-order valence-corrected chi connectivity index (χ1v) is 10.5. The predicted molar refractivity (Wildman–Crippen MR) is 101 cm³/mol. The topological polar surface area (TPSA) is 63.7 Å². The number of nitrogens with zero attached hydrogens (tertiary/aromatic N) is 1. The maximum Gasteiger partial charge on any atom is 0.255 e. The van der Waals surface area contributed by atoms with Crippen LogP contribution < -0.4 is 4.74 Å². The predicted octanol–water partition coefficient (Wildman–Crippen LogP) is 3.18. The van der Waals surface area contributed by atoms with Crippen molar-refractivity contribution in [2.75, 3.05) is 18.6 Å². The number of amides is 1. The number of rotatable bonds is 5. The van der Waals surface area contributed by atoms with Crippen molar-refractivity contribution in [3.05, 3.63) is 64.7 Å². The number of carbonyl (C=O) groups is 1. The molecule has 7 heteroatoms. The third-order valence-electron chi connectivity index (χ3n) is 4.50. The van der Waals surface area contributed by atoms with Gasteiger partial charge in [0.25, 0.3) is 5.91 Å². The van der Waals surface area contributed by atoms with Crippen molar-refractivity contribution in [1.82, 2.24) is 4.90 Å². The number of hydrogen-bond acceptors (Lipinski definition) is 4. The van der Waals surface area contributed by atoms with Gasteiger partial charge in [-0.15, -0.1) is 0 Å². The molecule has 0 saturated carbocycles. The Kier molecular flexibility index (Phi) is 5.53. The van der Waals surface area contributed by atoms with Gasteiger partial charge in [-0.3, -0.25) is 4.79 Å². The summed E-state index contributed by atoms with van der Waals surface area (Å²) in [5, 5.41) is 0.356. The largest absolute Gasteiger partial charge is 0.497 e. The number of halogens is 1. The average Bonchev–Trinajstić information content (AvgIpc) is 2.99. The zero-order chi connectivity index (χ0) is 18.7. The minimum absolute atomic E-state index is 0.0207. The van der Waals surface area contributed by atoms with Crippen LogP contribution >= 0.6 is 11.6 Å². The summed E-state index contributed by atoms with van der Waals surface area (Å²) in [7, 11) is -1.54. The Hall–Kier alpha value is -2.05. The third kappa shape index (κ3) is 4.19. The van der Waals surface area contributed by atoms with Crippen molar-refractivity contribution in [2.45, 2.75) is 19.0 Å². The molecule has 3 rings (SSSR count). The summed E-state index contributed by atoms with van der Waals surface area (Å²) < 4.78 is 29.1. The highest BCUT2D eigenvalue weighted by molar-refractivity contribution is 7.91. The molecule has 2 aromatic rings. The second kappa shape index (κ2) is 7.68. The number of benzene rings is 2. The zero-order valence-electron chi connectivity index (χ0n) is 14.4. The van der Waals surface area contributed by atoms with Gasteiger partial charge in [0, 0.05) is 12.6 Å². The molecule has 1 saturated heterocycles. The van der Waals surface area contributed by atoms with Crippen LogP contribution in [0.1, 0.15) is 22.3 Å². The first-order valence-electron chi connectivity index (χ1n) is 8.28. The Bertz CT molecular complexity index is 913. The number of ether oxygens (including phenoxy) is 1. The molecule has 1 heterocycles. The molecule has 1 aliphatic rings. The van der Waals surface area contributed by atoms with E-state index in [1.807, 2.05) is 24.3 Å². The molecule has 1 fully saturated rings. The van der Waals surface area contributed by atoms with Gasteiger partial charge in [0.05, 0.1) is 29.2 Å². The van der Waals surface area contributed by atoms with Crippen molar-refractivity contribution in [3.8, 4) is 5.75 Å². The fourth-order valence-electron chi connectivity index (χ4n) is 3.14. The Labute approximate surface area is 158 Å². The van der Waals surface area contributed by atoms with Gasteiger partial charge < -0.3 is 9.64 Å². The maximum atomic E-state index is 13.1. The van der Waals surface area contributed by atoms with Crippen molar-refractivity contribution in [2.24, 2.45) is 0 Å². The van der Waals surface area contributed by atoms with Crippen LogP contribution in [0.3, 0.4) is 0 Å². The van der Waals surface area contributed by atoms with Crippen molar-refractivity contribution in [3.63, 3.8) is 0 Å². The second-order valence-corrected chi connectivity index (χ2v) is 8.96. The monoisotopic (exact) mass is 393 g/mol. The highest BCUT2D eigenvalue weighted by atomic mass is 35.5. The molecule has 0 unspecified atom stereocenters. The fourth-order valence-corrected chi connectivity index (χ4v) is 5.09. The van der Waals surface area contributed by atoms with Gasteiger partial charge in [0.2, 0.25) is 0 Å². The van der Waals surface area contributed by atoms with E-state index >= 15 is 0 Å². The lowest BCUT2D eigenvalue weighted by Crippen LogP contribution is -2.40. The lowest BCUT2D eigenvalue weighted by molar-refractivity contribution is 0.0681. The van der Waals surface area contributed by atoms with E-state index < -0.39 is 9.84 Å². The van der Waals surface area contributed by atoms with Crippen LogP contribution in [0.5, 0.6) is 5.75 Å². The number of sulfone groups is 1. The van der Waals surface area contributed by atoms with E-state index in [1.165, 1.54) is 0 Å². The molecule has 2 aromatic carbocycles. The normalized spacial score (nSPS) is 18.5. The molecule has 0 aromatic heterocycles. The van der Waals surface area contributed by atoms with E-state index in [2.05, 4.69) is 0 Å². The van der Waals surface area contributed by atoms with Crippen LogP contribution in [0.25, 0.3) is 0 Å². The third-order valence-corrected chi connectivity index (χ3v) is 6.58. The average molecular weight is 394 g/mol. The molecule has 26 heavy (non-hydrogen) atoms. The molecular formula is C19H20ClNO4S. The highest BCUT2D eigenvalue weighted by Crippen LogP contribution is 2.26. The van der Waals surface area contributed by atoms with E-state index in [-0.39, 0.29) is 23.5 Å². The van der Waals surface area contributed by atoms with Gasteiger partial charge in [0.15, 0.2) is 9.84 Å². The van der Waals surface area contributed by atoms with E-state index in [0.717, 1.165) is 5.56 Å². The van der Waals surface area contributed by atoms with Crippen LogP contribution in [0.4, 0.5) is 0 Å². The first kappa shape index (κ1) is 18.7. The van der Waals surface area contributed by atoms with E-state index in [1.54, 1.807) is 36.3 Å². The lowest BCUT2D eigenvalue weighted by Gasteiger charge is -2.29. The van der Waals surface area contributed by atoms with E-state index in [9.17, 15) is 13.2 Å². The van der Waals surface area contributed by atoms with E-state index in [0.29, 0.717) is 29.3 Å². The minimum Gasteiger partial charge on any atom is -0.497 e. The molecule has 0 aliphatic carbocycles. The molecular weight excluding hydrogens is 374 g/mol. The molecule has 1 atom stereocenters. The van der Waals surface area contributed by atoms with Crippen molar-refractivity contribution >= 4 is 27.3 Å². The molecule has 0 spiro atoms. The number of hydrogen-bond donors (Lipinski definition) is 0. The van der Waals surface area contributed by atoms with Crippen LogP contribution in [0.15, 0.2) is 48.5 Å². The van der Waals surface area contributed by atoms with Crippen molar-refractivity contribution in [1.29, 1.82) is 0 Å². The summed E-state index contributed by atoms with van der Waals surface area (Å²) in [6.07, 6.45) is 0.433. The Morgan fingerprint density at radius 2 is 2.00 bits per heavy atom. The maximum absolute atomic E-state index is 13.1. The molecule has 138 valence electrons. The Balaban J connectivity index is 1.94. The summed E-state index contributed by atoms with van der Waals surface area (Å²) in [6.45, 7) is 0.293. The molecule has 0 N–H and O–H groups in total. The lowest BCUT2D eigenvalue weighted by atomic mass is 10.1.